The van der Waals surface area contributed by atoms with E-state index in [0.29, 0.717) is 15.8 Å². The molecule has 0 aliphatic rings. The van der Waals surface area contributed by atoms with Gasteiger partial charge in [-0.15, -0.1) is 0 Å². The standard InChI is InChI=1S/C14H13BrF2N2O/c1-18-14(8-3-10(20-2)7-19-6-8)13-11(16)4-9(15)5-12(13)17/h3-7,14,18H,1-2H3. The van der Waals surface area contributed by atoms with Crippen molar-refractivity contribution in [3.05, 3.63) is 57.8 Å². The van der Waals surface area contributed by atoms with Crippen LogP contribution in [0.5, 0.6) is 5.75 Å². The number of nitrogens with zero attached hydrogens (tertiary/aromatic N) is 1. The molecule has 2 aromatic rings. The van der Waals surface area contributed by atoms with Crippen molar-refractivity contribution in [2.24, 2.45) is 0 Å². The van der Waals surface area contributed by atoms with Gasteiger partial charge in [-0.1, -0.05) is 15.9 Å². The van der Waals surface area contributed by atoms with Crippen LogP contribution in [-0.2, 0) is 0 Å². The maximum Gasteiger partial charge on any atom is 0.137 e. The second-order valence-corrected chi connectivity index (χ2v) is 5.08. The Hall–Kier alpha value is -1.53. The van der Waals surface area contributed by atoms with E-state index in [0.717, 1.165) is 0 Å². The number of hydrogen-bond acceptors (Lipinski definition) is 3. The molecule has 0 aliphatic heterocycles. The van der Waals surface area contributed by atoms with E-state index in [1.807, 2.05) is 0 Å². The van der Waals surface area contributed by atoms with Crippen molar-refractivity contribution < 1.29 is 13.5 Å². The van der Waals surface area contributed by atoms with Crippen molar-refractivity contribution in [1.82, 2.24) is 10.3 Å². The first kappa shape index (κ1) is 14.9. The number of hydrogen-bond donors (Lipinski definition) is 1. The molecule has 0 amide bonds. The van der Waals surface area contributed by atoms with Crippen LogP contribution in [0, 0.1) is 11.6 Å². The van der Waals surface area contributed by atoms with E-state index in [1.54, 1.807) is 19.3 Å². The summed E-state index contributed by atoms with van der Waals surface area (Å²) in [5.41, 5.74) is 0.567. The van der Waals surface area contributed by atoms with Crippen LogP contribution in [0.15, 0.2) is 35.1 Å². The molecule has 0 bridgehead atoms. The van der Waals surface area contributed by atoms with E-state index in [2.05, 4.69) is 26.2 Å². The molecular formula is C14H13BrF2N2O. The van der Waals surface area contributed by atoms with Gasteiger partial charge in [-0.05, 0) is 30.8 Å². The average molecular weight is 343 g/mol. The summed E-state index contributed by atoms with van der Waals surface area (Å²) in [6.45, 7) is 0. The number of rotatable bonds is 4. The third-order valence-corrected chi connectivity index (χ3v) is 3.38. The molecule has 1 unspecified atom stereocenters. The Morgan fingerprint density at radius 1 is 1.20 bits per heavy atom. The summed E-state index contributed by atoms with van der Waals surface area (Å²) < 4.78 is 33.5. The topological polar surface area (TPSA) is 34.2 Å². The number of benzene rings is 1. The van der Waals surface area contributed by atoms with Gasteiger partial charge in [0.05, 0.1) is 19.3 Å². The maximum absolute atomic E-state index is 14.1. The van der Waals surface area contributed by atoms with Crippen molar-refractivity contribution in [3.8, 4) is 5.75 Å². The number of halogens is 3. The zero-order valence-corrected chi connectivity index (χ0v) is 12.5. The van der Waals surface area contributed by atoms with Crippen LogP contribution >= 0.6 is 15.9 Å². The van der Waals surface area contributed by atoms with Gasteiger partial charge in [0.1, 0.15) is 17.4 Å². The zero-order chi connectivity index (χ0) is 14.7. The molecule has 1 atom stereocenters. The first-order valence-corrected chi connectivity index (χ1v) is 6.66. The molecule has 0 aliphatic carbocycles. The zero-order valence-electron chi connectivity index (χ0n) is 11.0. The second-order valence-electron chi connectivity index (χ2n) is 4.16. The molecule has 0 fully saturated rings. The van der Waals surface area contributed by atoms with Gasteiger partial charge in [-0.2, -0.15) is 0 Å². The molecule has 2 rings (SSSR count). The Kier molecular flexibility index (Phi) is 4.67. The number of pyridine rings is 1. The molecule has 0 spiro atoms. The predicted octanol–water partition coefficient (Wildman–Crippen LogP) is 3.44. The Morgan fingerprint density at radius 2 is 1.85 bits per heavy atom. The lowest BCUT2D eigenvalue weighted by atomic mass is 9.99. The monoisotopic (exact) mass is 342 g/mol. The van der Waals surface area contributed by atoms with E-state index < -0.39 is 17.7 Å². The van der Waals surface area contributed by atoms with Crippen molar-refractivity contribution >= 4 is 15.9 Å². The van der Waals surface area contributed by atoms with Crippen molar-refractivity contribution in [1.29, 1.82) is 0 Å². The van der Waals surface area contributed by atoms with Gasteiger partial charge in [0.15, 0.2) is 0 Å². The highest BCUT2D eigenvalue weighted by molar-refractivity contribution is 9.10. The molecule has 0 saturated heterocycles. The molecule has 1 N–H and O–H groups in total. The van der Waals surface area contributed by atoms with Crippen LogP contribution in [0.2, 0.25) is 0 Å². The summed E-state index contributed by atoms with van der Waals surface area (Å²) in [4.78, 5) is 4.01. The van der Waals surface area contributed by atoms with Crippen LogP contribution in [0.3, 0.4) is 0 Å². The first-order valence-electron chi connectivity index (χ1n) is 5.87. The highest BCUT2D eigenvalue weighted by Gasteiger charge is 2.22. The summed E-state index contributed by atoms with van der Waals surface area (Å²) in [6.07, 6.45) is 3.08. The highest BCUT2D eigenvalue weighted by Crippen LogP contribution is 2.30. The quantitative estimate of drug-likeness (QED) is 0.924. The minimum absolute atomic E-state index is 0.0502. The van der Waals surface area contributed by atoms with Crippen LogP contribution in [-0.4, -0.2) is 19.1 Å². The molecule has 6 heteroatoms. The normalized spacial score (nSPS) is 12.2. The van der Waals surface area contributed by atoms with Crippen molar-refractivity contribution in [2.45, 2.75) is 6.04 Å². The smallest absolute Gasteiger partial charge is 0.137 e. The molecule has 1 heterocycles. The van der Waals surface area contributed by atoms with E-state index in [9.17, 15) is 8.78 Å². The maximum atomic E-state index is 14.1. The van der Waals surface area contributed by atoms with E-state index >= 15 is 0 Å². The van der Waals surface area contributed by atoms with Crippen LogP contribution in [0.4, 0.5) is 8.78 Å². The average Bonchev–Trinajstić information content (AvgIpc) is 2.42. The predicted molar refractivity (Wildman–Crippen MR) is 75.7 cm³/mol. The SMILES string of the molecule is CNC(c1cncc(OC)c1)c1c(F)cc(Br)cc1F. The van der Waals surface area contributed by atoms with Crippen molar-refractivity contribution in [3.63, 3.8) is 0 Å². The summed E-state index contributed by atoms with van der Waals surface area (Å²) >= 11 is 3.06. The lowest BCUT2D eigenvalue weighted by Gasteiger charge is -2.19. The largest absolute Gasteiger partial charge is 0.495 e. The number of aromatic nitrogens is 1. The number of methoxy groups -OCH3 is 1. The lowest BCUT2D eigenvalue weighted by molar-refractivity contribution is 0.411. The van der Waals surface area contributed by atoms with Gasteiger partial charge in [-0.3, -0.25) is 4.98 Å². The fraction of sp³-hybridized carbons (Fsp3) is 0.214. The molecule has 3 nitrogen and oxygen atoms in total. The minimum atomic E-state index is -0.648. The van der Waals surface area contributed by atoms with Crippen molar-refractivity contribution in [2.75, 3.05) is 14.2 Å². The van der Waals surface area contributed by atoms with Gasteiger partial charge in [0.25, 0.3) is 0 Å². The highest BCUT2D eigenvalue weighted by atomic mass is 79.9. The molecule has 0 radical (unpaired) electrons. The Morgan fingerprint density at radius 3 is 2.40 bits per heavy atom. The Balaban J connectivity index is 2.52. The third kappa shape index (κ3) is 2.96. The van der Waals surface area contributed by atoms with Crippen LogP contribution in [0.25, 0.3) is 0 Å². The number of ether oxygens (including phenoxy) is 1. The second kappa shape index (κ2) is 6.28. The number of nitrogens with one attached hydrogen (secondary N) is 1. The van der Waals surface area contributed by atoms with Gasteiger partial charge < -0.3 is 10.1 Å². The van der Waals surface area contributed by atoms with E-state index in [-0.39, 0.29) is 5.56 Å². The fourth-order valence-electron chi connectivity index (χ4n) is 2.01. The van der Waals surface area contributed by atoms with Gasteiger partial charge in [0, 0.05) is 16.2 Å². The summed E-state index contributed by atoms with van der Waals surface area (Å²) in [5, 5.41) is 2.90. The van der Waals surface area contributed by atoms with E-state index in [4.69, 9.17) is 4.74 Å². The third-order valence-electron chi connectivity index (χ3n) is 2.92. The van der Waals surface area contributed by atoms with Crippen LogP contribution < -0.4 is 10.1 Å². The lowest BCUT2D eigenvalue weighted by Crippen LogP contribution is -2.20. The Bertz CT molecular complexity index is 599. The minimum Gasteiger partial charge on any atom is -0.495 e. The molecule has 20 heavy (non-hydrogen) atoms. The molecular weight excluding hydrogens is 330 g/mol. The summed E-state index contributed by atoms with van der Waals surface area (Å²) in [6, 6.07) is 3.51. The van der Waals surface area contributed by atoms with Gasteiger partial charge in [-0.25, -0.2) is 8.78 Å². The molecule has 0 saturated carbocycles. The van der Waals surface area contributed by atoms with Gasteiger partial charge >= 0.3 is 0 Å². The molecule has 1 aromatic heterocycles. The summed E-state index contributed by atoms with van der Waals surface area (Å²) in [7, 11) is 3.14. The Labute approximate surface area is 124 Å². The molecule has 106 valence electrons. The van der Waals surface area contributed by atoms with Crippen LogP contribution in [0.1, 0.15) is 17.2 Å². The fourth-order valence-corrected chi connectivity index (χ4v) is 2.41. The molecule has 1 aromatic carbocycles. The van der Waals surface area contributed by atoms with E-state index in [1.165, 1.54) is 25.4 Å². The summed E-state index contributed by atoms with van der Waals surface area (Å²) in [5.74, 6) is -0.723. The van der Waals surface area contributed by atoms with Gasteiger partial charge in [0.2, 0.25) is 0 Å². The first-order chi connectivity index (χ1) is 9.56.